The molecule has 1 atom stereocenters. The molecule has 1 aliphatic rings. The van der Waals surface area contributed by atoms with E-state index in [0.29, 0.717) is 11.6 Å². The van der Waals surface area contributed by atoms with Crippen molar-refractivity contribution >= 4 is 0 Å². The first-order chi connectivity index (χ1) is 7.74. The highest BCUT2D eigenvalue weighted by Gasteiger charge is 2.35. The van der Waals surface area contributed by atoms with E-state index < -0.39 is 0 Å². The molecule has 0 saturated heterocycles. The highest BCUT2D eigenvalue weighted by Crippen LogP contribution is 2.35. The summed E-state index contributed by atoms with van der Waals surface area (Å²) in [6, 6.07) is 0.560. The Kier molecular flexibility index (Phi) is 3.59. The molecule has 4 nitrogen and oxygen atoms in total. The van der Waals surface area contributed by atoms with Crippen molar-refractivity contribution < 1.29 is 0 Å². The molecule has 0 aromatic carbocycles. The van der Waals surface area contributed by atoms with Crippen LogP contribution < -0.4 is 5.32 Å². The molecule has 2 rings (SSSR count). The highest BCUT2D eigenvalue weighted by molar-refractivity contribution is 4.95. The van der Waals surface area contributed by atoms with Crippen LogP contribution in [0.2, 0.25) is 0 Å². The SMILES string of the molecule is CCC1(NC(C)CCn2cncn2)CCC1. The first-order valence-corrected chi connectivity index (χ1v) is 6.34. The third-order valence-electron chi connectivity index (χ3n) is 3.80. The van der Waals surface area contributed by atoms with Gasteiger partial charge in [0.15, 0.2) is 0 Å². The minimum Gasteiger partial charge on any atom is -0.309 e. The summed E-state index contributed by atoms with van der Waals surface area (Å²) >= 11 is 0. The predicted molar refractivity (Wildman–Crippen MR) is 64.1 cm³/mol. The molecule has 1 aromatic heterocycles. The standard InChI is InChI=1S/C12H22N4/c1-3-12(6-4-7-12)15-11(2)5-8-16-10-13-9-14-16/h9-11,15H,3-8H2,1-2H3. The third-order valence-corrected chi connectivity index (χ3v) is 3.80. The molecule has 1 fully saturated rings. The molecule has 0 bridgehead atoms. The van der Waals surface area contributed by atoms with Crippen molar-refractivity contribution in [1.29, 1.82) is 0 Å². The van der Waals surface area contributed by atoms with E-state index in [9.17, 15) is 0 Å². The Labute approximate surface area is 97.5 Å². The van der Waals surface area contributed by atoms with Crippen molar-refractivity contribution in [1.82, 2.24) is 20.1 Å². The van der Waals surface area contributed by atoms with Crippen LogP contribution in [0, 0.1) is 0 Å². The number of hydrogen-bond donors (Lipinski definition) is 1. The predicted octanol–water partition coefficient (Wildman–Crippen LogP) is 1.98. The summed E-state index contributed by atoms with van der Waals surface area (Å²) in [5.41, 5.74) is 0.446. The van der Waals surface area contributed by atoms with Crippen molar-refractivity contribution in [3.63, 3.8) is 0 Å². The average Bonchev–Trinajstić information content (AvgIpc) is 2.73. The van der Waals surface area contributed by atoms with Crippen LogP contribution in [0.1, 0.15) is 46.0 Å². The van der Waals surface area contributed by atoms with E-state index in [4.69, 9.17) is 0 Å². The summed E-state index contributed by atoms with van der Waals surface area (Å²) in [6.45, 7) is 5.51. The number of rotatable bonds is 6. The molecule has 0 radical (unpaired) electrons. The van der Waals surface area contributed by atoms with Crippen LogP contribution in [0.4, 0.5) is 0 Å². The monoisotopic (exact) mass is 222 g/mol. The zero-order chi connectivity index (χ0) is 11.4. The van der Waals surface area contributed by atoms with Gasteiger partial charge in [-0.15, -0.1) is 0 Å². The molecule has 1 aromatic rings. The maximum atomic E-state index is 4.12. The fourth-order valence-corrected chi connectivity index (χ4v) is 2.47. The Morgan fingerprint density at radius 3 is 2.81 bits per heavy atom. The Morgan fingerprint density at radius 1 is 1.50 bits per heavy atom. The van der Waals surface area contributed by atoms with E-state index in [2.05, 4.69) is 29.2 Å². The summed E-state index contributed by atoms with van der Waals surface area (Å²) in [5.74, 6) is 0. The van der Waals surface area contributed by atoms with Gasteiger partial charge in [0.1, 0.15) is 12.7 Å². The lowest BCUT2D eigenvalue weighted by atomic mass is 9.74. The lowest BCUT2D eigenvalue weighted by Gasteiger charge is -2.44. The largest absolute Gasteiger partial charge is 0.309 e. The molecular weight excluding hydrogens is 200 g/mol. The van der Waals surface area contributed by atoms with Gasteiger partial charge in [0, 0.05) is 18.1 Å². The first-order valence-electron chi connectivity index (χ1n) is 6.34. The molecule has 4 heteroatoms. The molecule has 1 saturated carbocycles. The number of aromatic nitrogens is 3. The van der Waals surface area contributed by atoms with Crippen LogP contribution in [0.25, 0.3) is 0 Å². The van der Waals surface area contributed by atoms with Crippen LogP contribution in [-0.2, 0) is 6.54 Å². The zero-order valence-corrected chi connectivity index (χ0v) is 10.3. The molecule has 16 heavy (non-hydrogen) atoms. The Morgan fingerprint density at radius 2 is 2.31 bits per heavy atom. The fourth-order valence-electron chi connectivity index (χ4n) is 2.47. The topological polar surface area (TPSA) is 42.7 Å². The van der Waals surface area contributed by atoms with E-state index in [1.807, 2.05) is 4.68 Å². The van der Waals surface area contributed by atoms with E-state index in [-0.39, 0.29) is 0 Å². The van der Waals surface area contributed by atoms with Gasteiger partial charge in [-0.3, -0.25) is 4.68 Å². The Balaban J connectivity index is 1.73. The lowest BCUT2D eigenvalue weighted by molar-refractivity contribution is 0.155. The van der Waals surface area contributed by atoms with Crippen LogP contribution in [0.3, 0.4) is 0 Å². The lowest BCUT2D eigenvalue weighted by Crippen LogP contribution is -2.54. The molecule has 1 N–H and O–H groups in total. The molecule has 1 heterocycles. The van der Waals surface area contributed by atoms with Crippen molar-refractivity contribution in [3.8, 4) is 0 Å². The van der Waals surface area contributed by atoms with Gasteiger partial charge in [0.05, 0.1) is 0 Å². The molecule has 0 spiro atoms. The van der Waals surface area contributed by atoms with Gasteiger partial charge in [-0.05, 0) is 39.0 Å². The van der Waals surface area contributed by atoms with Crippen LogP contribution in [0.15, 0.2) is 12.7 Å². The highest BCUT2D eigenvalue weighted by atomic mass is 15.3. The molecule has 0 amide bonds. The fraction of sp³-hybridized carbons (Fsp3) is 0.833. The molecule has 1 aliphatic carbocycles. The van der Waals surface area contributed by atoms with E-state index in [0.717, 1.165) is 13.0 Å². The van der Waals surface area contributed by atoms with E-state index in [1.54, 1.807) is 12.7 Å². The van der Waals surface area contributed by atoms with E-state index in [1.165, 1.54) is 25.7 Å². The molecule has 1 unspecified atom stereocenters. The van der Waals surface area contributed by atoms with Gasteiger partial charge in [0.25, 0.3) is 0 Å². The molecule has 90 valence electrons. The third kappa shape index (κ3) is 2.61. The molecular formula is C12H22N4. The second-order valence-corrected chi connectivity index (χ2v) is 4.98. The average molecular weight is 222 g/mol. The Bertz CT molecular complexity index is 297. The quantitative estimate of drug-likeness (QED) is 0.800. The van der Waals surface area contributed by atoms with Gasteiger partial charge >= 0.3 is 0 Å². The van der Waals surface area contributed by atoms with Crippen LogP contribution in [-0.4, -0.2) is 26.3 Å². The number of nitrogens with one attached hydrogen (secondary N) is 1. The first kappa shape index (κ1) is 11.6. The number of nitrogens with zero attached hydrogens (tertiary/aromatic N) is 3. The summed E-state index contributed by atoms with van der Waals surface area (Å²) in [4.78, 5) is 3.95. The summed E-state index contributed by atoms with van der Waals surface area (Å²) in [5, 5.41) is 7.90. The number of hydrogen-bond acceptors (Lipinski definition) is 3. The minimum absolute atomic E-state index is 0.446. The summed E-state index contributed by atoms with van der Waals surface area (Å²) < 4.78 is 1.90. The van der Waals surface area contributed by atoms with Gasteiger partial charge < -0.3 is 5.32 Å². The smallest absolute Gasteiger partial charge is 0.137 e. The maximum absolute atomic E-state index is 4.12. The molecule has 0 aliphatic heterocycles. The maximum Gasteiger partial charge on any atom is 0.137 e. The second kappa shape index (κ2) is 4.95. The van der Waals surface area contributed by atoms with Gasteiger partial charge in [-0.1, -0.05) is 6.92 Å². The normalized spacial score (nSPS) is 20.4. The van der Waals surface area contributed by atoms with Crippen molar-refractivity contribution in [2.75, 3.05) is 0 Å². The number of aryl methyl sites for hydroxylation is 1. The second-order valence-electron chi connectivity index (χ2n) is 4.98. The van der Waals surface area contributed by atoms with E-state index >= 15 is 0 Å². The van der Waals surface area contributed by atoms with Crippen LogP contribution in [0.5, 0.6) is 0 Å². The van der Waals surface area contributed by atoms with Gasteiger partial charge in [-0.2, -0.15) is 5.10 Å². The van der Waals surface area contributed by atoms with Crippen molar-refractivity contribution in [2.24, 2.45) is 0 Å². The summed E-state index contributed by atoms with van der Waals surface area (Å²) in [7, 11) is 0. The Hall–Kier alpha value is -0.900. The van der Waals surface area contributed by atoms with Crippen molar-refractivity contribution in [2.45, 2.75) is 64.1 Å². The van der Waals surface area contributed by atoms with Gasteiger partial charge in [-0.25, -0.2) is 4.98 Å². The minimum atomic E-state index is 0.446. The van der Waals surface area contributed by atoms with Crippen molar-refractivity contribution in [3.05, 3.63) is 12.7 Å². The van der Waals surface area contributed by atoms with Crippen LogP contribution >= 0.6 is 0 Å². The summed E-state index contributed by atoms with van der Waals surface area (Å²) in [6.07, 6.45) is 9.82. The van der Waals surface area contributed by atoms with Gasteiger partial charge in [0.2, 0.25) is 0 Å². The zero-order valence-electron chi connectivity index (χ0n) is 10.3.